The first-order chi connectivity index (χ1) is 9.33. The monoisotopic (exact) mass is 299 g/mol. The first-order valence-electron chi connectivity index (χ1n) is 6.07. The highest BCUT2D eigenvalue weighted by Gasteiger charge is 2.01. The number of nitrogens with zero attached hydrogens (tertiary/aromatic N) is 1. The first-order valence-corrected chi connectivity index (χ1v) is 7.44. The van der Waals surface area contributed by atoms with E-state index in [0.29, 0.717) is 6.61 Å². The van der Waals surface area contributed by atoms with E-state index in [-0.39, 0.29) is 0 Å². The Bertz CT molecular complexity index is 662. The van der Waals surface area contributed by atoms with E-state index < -0.39 is 10.4 Å². The van der Waals surface area contributed by atoms with Crippen LogP contribution in [0.5, 0.6) is 5.75 Å². The maximum Gasteiger partial charge on any atom is 0.215 e. The van der Waals surface area contributed by atoms with Gasteiger partial charge < -0.3 is 9.29 Å². The van der Waals surface area contributed by atoms with Gasteiger partial charge in [0.05, 0.1) is 6.61 Å². The molecule has 0 saturated heterocycles. The molecular weight excluding hydrogens is 282 g/mol. The molecule has 0 amide bonds. The third-order valence-corrected chi connectivity index (χ3v) is 2.48. The number of benzene rings is 1. The minimum Gasteiger partial charge on any atom is -0.726 e. The normalized spacial score (nSPS) is 10.8. The Morgan fingerprint density at radius 2 is 1.90 bits per heavy atom. The van der Waals surface area contributed by atoms with Gasteiger partial charge in [0.15, 0.2) is 12.4 Å². The first kappa shape index (κ1) is 16.4. The fourth-order valence-corrected chi connectivity index (χ4v) is 1.67. The molecule has 0 bridgehead atoms. The van der Waals surface area contributed by atoms with Crippen LogP contribution in [0.1, 0.15) is 13.8 Å². The number of aromatic nitrogens is 1. The zero-order valence-corrected chi connectivity index (χ0v) is 12.1. The lowest BCUT2D eigenvalue weighted by atomic mass is 10.2. The van der Waals surface area contributed by atoms with Gasteiger partial charge in [-0.25, -0.2) is 13.0 Å². The van der Waals surface area contributed by atoms with Crippen molar-refractivity contribution in [1.29, 1.82) is 0 Å². The summed E-state index contributed by atoms with van der Waals surface area (Å²) in [7, 11) is -4.92. The van der Waals surface area contributed by atoms with Gasteiger partial charge in [0, 0.05) is 11.5 Å². The summed E-state index contributed by atoms with van der Waals surface area (Å²) < 4.78 is 40.5. The molecule has 6 nitrogen and oxygen atoms in total. The van der Waals surface area contributed by atoms with Crippen LogP contribution in [0.15, 0.2) is 36.7 Å². The van der Waals surface area contributed by atoms with Gasteiger partial charge in [-0.15, -0.1) is 0 Å². The van der Waals surface area contributed by atoms with Crippen molar-refractivity contribution in [2.24, 2.45) is 0 Å². The fraction of sp³-hybridized carbons (Fsp3) is 0.308. The van der Waals surface area contributed by atoms with E-state index in [1.807, 2.05) is 13.0 Å². The van der Waals surface area contributed by atoms with Gasteiger partial charge in [-0.05, 0) is 37.4 Å². The quantitative estimate of drug-likeness (QED) is 0.527. The van der Waals surface area contributed by atoms with Crippen molar-refractivity contribution in [2.75, 3.05) is 6.61 Å². The maximum absolute atomic E-state index is 8.63. The number of hydrogen-bond donors (Lipinski definition) is 1. The molecule has 0 aliphatic rings. The molecule has 2 rings (SSSR count). The van der Waals surface area contributed by atoms with Crippen LogP contribution in [-0.2, 0) is 16.9 Å². The van der Waals surface area contributed by atoms with E-state index in [1.165, 1.54) is 10.8 Å². The molecule has 1 aromatic carbocycles. The van der Waals surface area contributed by atoms with E-state index in [9.17, 15) is 0 Å². The standard InChI is InChI=1S/C13H16NO.H2O4S/c1-3-14-8-7-11-9-13(15-4-2)6-5-12(11)10-14;1-5(2,3)4/h5-10H,3-4H2,1-2H3;(H2,1,2,3,4)/q+1;/p-1. The number of ether oxygens (including phenoxy) is 1. The SMILES string of the molecule is CCOc1ccc2c[n+](CC)ccc2c1.O=S(=O)([O-])O. The highest BCUT2D eigenvalue weighted by molar-refractivity contribution is 7.79. The van der Waals surface area contributed by atoms with Crippen LogP contribution in [0.4, 0.5) is 0 Å². The fourth-order valence-electron chi connectivity index (χ4n) is 1.67. The van der Waals surface area contributed by atoms with Crippen molar-refractivity contribution < 1.29 is 26.8 Å². The molecule has 1 heterocycles. The minimum atomic E-state index is -4.92. The van der Waals surface area contributed by atoms with E-state index in [0.717, 1.165) is 12.3 Å². The van der Waals surface area contributed by atoms with E-state index in [1.54, 1.807) is 0 Å². The smallest absolute Gasteiger partial charge is 0.215 e. The second-order valence-electron chi connectivity index (χ2n) is 3.93. The molecule has 0 spiro atoms. The van der Waals surface area contributed by atoms with Gasteiger partial charge >= 0.3 is 0 Å². The molecule has 0 atom stereocenters. The molecule has 0 aliphatic heterocycles. The van der Waals surface area contributed by atoms with Crippen LogP contribution < -0.4 is 9.30 Å². The van der Waals surface area contributed by atoms with E-state index in [2.05, 4.69) is 42.1 Å². The van der Waals surface area contributed by atoms with Gasteiger partial charge in [0.1, 0.15) is 12.3 Å². The molecule has 0 saturated carbocycles. The van der Waals surface area contributed by atoms with Crippen LogP contribution in [-0.4, -0.2) is 24.1 Å². The minimum absolute atomic E-state index is 0.716. The summed E-state index contributed by atoms with van der Waals surface area (Å²) in [6, 6.07) is 8.33. The highest BCUT2D eigenvalue weighted by Crippen LogP contribution is 2.19. The number of aryl methyl sites for hydroxylation is 1. The highest BCUT2D eigenvalue weighted by atomic mass is 32.3. The molecule has 1 N–H and O–H groups in total. The lowest BCUT2D eigenvalue weighted by Crippen LogP contribution is -2.30. The number of rotatable bonds is 3. The average molecular weight is 299 g/mol. The Morgan fingerprint density at radius 1 is 1.25 bits per heavy atom. The maximum atomic E-state index is 8.63. The lowest BCUT2D eigenvalue weighted by molar-refractivity contribution is -0.692. The Balaban J connectivity index is 0.000000347. The van der Waals surface area contributed by atoms with Gasteiger partial charge in [-0.3, -0.25) is 4.55 Å². The van der Waals surface area contributed by atoms with Gasteiger partial charge in [-0.2, -0.15) is 0 Å². The van der Waals surface area contributed by atoms with Crippen molar-refractivity contribution in [1.82, 2.24) is 0 Å². The van der Waals surface area contributed by atoms with Crippen LogP contribution in [0, 0.1) is 0 Å². The van der Waals surface area contributed by atoms with Crippen LogP contribution in [0.2, 0.25) is 0 Å². The summed E-state index contributed by atoms with van der Waals surface area (Å²) in [4.78, 5) is 0. The summed E-state index contributed by atoms with van der Waals surface area (Å²) in [5.41, 5.74) is 0. The van der Waals surface area contributed by atoms with E-state index in [4.69, 9.17) is 22.3 Å². The summed E-state index contributed by atoms with van der Waals surface area (Å²) in [5.74, 6) is 0.944. The zero-order chi connectivity index (χ0) is 15.2. The van der Waals surface area contributed by atoms with Crippen LogP contribution >= 0.6 is 0 Å². The number of pyridine rings is 1. The third kappa shape index (κ3) is 5.96. The van der Waals surface area contributed by atoms with Crippen molar-refractivity contribution >= 4 is 21.2 Å². The Labute approximate surface area is 118 Å². The van der Waals surface area contributed by atoms with Crippen molar-refractivity contribution in [3.05, 3.63) is 36.7 Å². The van der Waals surface area contributed by atoms with Crippen molar-refractivity contribution in [3.8, 4) is 5.75 Å². The second-order valence-corrected chi connectivity index (χ2v) is 4.78. The van der Waals surface area contributed by atoms with Crippen LogP contribution in [0.25, 0.3) is 10.8 Å². The molecule has 0 radical (unpaired) electrons. The number of fused-ring (bicyclic) bond motifs is 1. The second kappa shape index (κ2) is 7.18. The van der Waals surface area contributed by atoms with Crippen molar-refractivity contribution in [2.45, 2.75) is 20.4 Å². The predicted molar refractivity (Wildman–Crippen MR) is 73.3 cm³/mol. The Hall–Kier alpha value is -1.70. The molecule has 0 fully saturated rings. The largest absolute Gasteiger partial charge is 0.726 e. The van der Waals surface area contributed by atoms with E-state index >= 15 is 0 Å². The van der Waals surface area contributed by atoms with Crippen LogP contribution in [0.3, 0.4) is 0 Å². The average Bonchev–Trinajstić information content (AvgIpc) is 2.36. The Morgan fingerprint density at radius 3 is 2.45 bits per heavy atom. The summed E-state index contributed by atoms with van der Waals surface area (Å²) in [5, 5.41) is 2.48. The van der Waals surface area contributed by atoms with Gasteiger partial charge in [0.2, 0.25) is 10.4 Å². The molecule has 110 valence electrons. The molecule has 20 heavy (non-hydrogen) atoms. The van der Waals surface area contributed by atoms with Crippen molar-refractivity contribution in [3.63, 3.8) is 0 Å². The Kier molecular flexibility index (Phi) is 5.87. The molecule has 0 aliphatic carbocycles. The molecule has 7 heteroatoms. The topological polar surface area (TPSA) is 90.5 Å². The number of hydrogen-bond acceptors (Lipinski definition) is 4. The zero-order valence-electron chi connectivity index (χ0n) is 11.3. The molecule has 1 aromatic heterocycles. The third-order valence-electron chi connectivity index (χ3n) is 2.48. The summed E-state index contributed by atoms with van der Waals surface area (Å²) in [6.45, 7) is 5.86. The predicted octanol–water partition coefficient (Wildman–Crippen LogP) is 1.55. The van der Waals surface area contributed by atoms with Gasteiger partial charge in [0.25, 0.3) is 0 Å². The molecule has 2 aromatic rings. The molecular formula is C13H17NO5S. The molecule has 0 unspecified atom stereocenters. The lowest BCUT2D eigenvalue weighted by Gasteiger charge is -2.03. The summed E-state index contributed by atoms with van der Waals surface area (Å²) in [6.07, 6.45) is 4.25. The van der Waals surface area contributed by atoms with Gasteiger partial charge in [-0.1, -0.05) is 0 Å². The summed E-state index contributed by atoms with van der Waals surface area (Å²) >= 11 is 0.